The average Bonchev–Trinajstić information content (AvgIpc) is 2.31. The molecule has 18 heavy (non-hydrogen) atoms. The van der Waals surface area contributed by atoms with Crippen LogP contribution in [0, 0.1) is 3.70 Å². The van der Waals surface area contributed by atoms with E-state index in [1.165, 1.54) is 6.07 Å². The summed E-state index contributed by atoms with van der Waals surface area (Å²) < 4.78 is 31.0. The average molecular weight is 370 g/mol. The topological polar surface area (TPSA) is 65.2 Å². The number of carbonyl (C=O) groups is 1. The highest BCUT2D eigenvalue weighted by Crippen LogP contribution is 2.27. The first-order valence-electron chi connectivity index (χ1n) is 5.31. The van der Waals surface area contributed by atoms with Crippen LogP contribution in [0.3, 0.4) is 0 Å². The van der Waals surface area contributed by atoms with Gasteiger partial charge in [-0.25, -0.2) is 13.8 Å². The van der Waals surface area contributed by atoms with Crippen molar-refractivity contribution >= 4 is 28.6 Å². The number of aromatic nitrogens is 1. The monoisotopic (exact) mass is 370 g/mol. The van der Waals surface area contributed by atoms with Gasteiger partial charge in [0.05, 0.1) is 18.7 Å². The Kier molecular flexibility index (Phi) is 5.86. The number of ether oxygens (including phenoxy) is 1. The lowest BCUT2D eigenvalue weighted by Gasteiger charge is -2.12. The predicted octanol–water partition coefficient (Wildman–Crippen LogP) is 2.19. The van der Waals surface area contributed by atoms with Crippen LogP contribution in [0.1, 0.15) is 30.2 Å². The molecular formula is C11H13F2IN2O2. The Bertz CT molecular complexity index is 441. The molecule has 100 valence electrons. The summed E-state index contributed by atoms with van der Waals surface area (Å²) in [5, 5.41) is 0. The van der Waals surface area contributed by atoms with Gasteiger partial charge in [0.15, 0.2) is 0 Å². The molecule has 0 fully saturated rings. The molecule has 0 aliphatic heterocycles. The highest BCUT2D eigenvalue weighted by molar-refractivity contribution is 14.1. The second-order valence-corrected chi connectivity index (χ2v) is 4.48. The molecule has 7 heteroatoms. The van der Waals surface area contributed by atoms with E-state index < -0.39 is 12.4 Å². The standard InChI is InChI=1S/C11H13F2IN2O2/c1-2-18-9(17)4-8-7(10(12)13)3-6(5-15)16-11(8)14/h3,10H,2,4-5,15H2,1H3. The predicted molar refractivity (Wildman–Crippen MR) is 70.1 cm³/mol. The number of halogens is 3. The maximum absolute atomic E-state index is 12.9. The molecular weight excluding hydrogens is 357 g/mol. The first-order chi connectivity index (χ1) is 8.49. The van der Waals surface area contributed by atoms with Crippen molar-refractivity contribution in [3.63, 3.8) is 0 Å². The molecule has 2 N–H and O–H groups in total. The van der Waals surface area contributed by atoms with Crippen LogP contribution in [-0.4, -0.2) is 17.6 Å². The molecule has 1 heterocycles. The Morgan fingerprint density at radius 2 is 2.28 bits per heavy atom. The van der Waals surface area contributed by atoms with E-state index in [-0.39, 0.29) is 30.7 Å². The van der Waals surface area contributed by atoms with Gasteiger partial charge in [-0.3, -0.25) is 4.79 Å². The number of rotatable bonds is 5. The normalized spacial score (nSPS) is 10.8. The lowest BCUT2D eigenvalue weighted by Crippen LogP contribution is -2.13. The van der Waals surface area contributed by atoms with E-state index in [2.05, 4.69) is 4.98 Å². The number of hydrogen-bond acceptors (Lipinski definition) is 4. The SMILES string of the molecule is CCOC(=O)Cc1c(C(F)F)cc(CN)nc1I. The molecule has 0 bridgehead atoms. The van der Waals surface area contributed by atoms with Crippen molar-refractivity contribution in [1.82, 2.24) is 4.98 Å². The molecule has 0 aromatic carbocycles. The fourth-order valence-corrected chi connectivity index (χ4v) is 2.25. The van der Waals surface area contributed by atoms with E-state index in [9.17, 15) is 13.6 Å². The molecule has 0 saturated heterocycles. The molecule has 0 radical (unpaired) electrons. The number of nitrogens with two attached hydrogens (primary N) is 1. The highest BCUT2D eigenvalue weighted by Gasteiger charge is 2.20. The van der Waals surface area contributed by atoms with E-state index in [1.54, 1.807) is 6.92 Å². The van der Waals surface area contributed by atoms with E-state index in [0.29, 0.717) is 9.39 Å². The molecule has 1 aromatic heterocycles. The lowest BCUT2D eigenvalue weighted by molar-refractivity contribution is -0.142. The van der Waals surface area contributed by atoms with Crippen molar-refractivity contribution in [2.75, 3.05) is 6.61 Å². The third-order valence-corrected chi connectivity index (χ3v) is 3.12. The molecule has 0 atom stereocenters. The van der Waals surface area contributed by atoms with Gasteiger partial charge in [0, 0.05) is 17.7 Å². The zero-order valence-electron chi connectivity index (χ0n) is 9.75. The molecule has 0 unspecified atom stereocenters. The minimum atomic E-state index is -2.67. The van der Waals surface area contributed by atoms with E-state index in [1.807, 2.05) is 22.6 Å². The van der Waals surface area contributed by atoms with Crippen molar-refractivity contribution in [3.8, 4) is 0 Å². The fourth-order valence-electron chi connectivity index (χ4n) is 1.44. The van der Waals surface area contributed by atoms with Gasteiger partial charge in [0.1, 0.15) is 3.70 Å². The Morgan fingerprint density at radius 3 is 2.78 bits per heavy atom. The van der Waals surface area contributed by atoms with Crippen molar-refractivity contribution in [1.29, 1.82) is 0 Å². The Hall–Kier alpha value is -0.830. The minimum absolute atomic E-state index is 0.0788. The van der Waals surface area contributed by atoms with Crippen molar-refractivity contribution in [2.24, 2.45) is 5.73 Å². The van der Waals surface area contributed by atoms with Crippen LogP contribution in [0.15, 0.2) is 6.07 Å². The number of esters is 1. The summed E-state index contributed by atoms with van der Waals surface area (Å²) in [7, 11) is 0. The third kappa shape index (κ3) is 3.84. The molecule has 0 spiro atoms. The lowest BCUT2D eigenvalue weighted by atomic mass is 10.1. The second-order valence-electron chi connectivity index (χ2n) is 3.46. The Balaban J connectivity index is 3.12. The van der Waals surface area contributed by atoms with E-state index in [0.717, 1.165) is 0 Å². The third-order valence-electron chi connectivity index (χ3n) is 2.23. The van der Waals surface area contributed by atoms with Gasteiger partial charge in [-0.1, -0.05) is 0 Å². The first kappa shape index (κ1) is 15.2. The number of hydrogen-bond donors (Lipinski definition) is 1. The van der Waals surface area contributed by atoms with Gasteiger partial charge in [-0.05, 0) is 35.6 Å². The smallest absolute Gasteiger partial charge is 0.310 e. The van der Waals surface area contributed by atoms with Gasteiger partial charge >= 0.3 is 5.97 Å². The Labute approximate surface area is 117 Å². The molecule has 0 saturated carbocycles. The number of nitrogens with zero attached hydrogens (tertiary/aromatic N) is 1. The molecule has 0 aliphatic rings. The molecule has 1 aromatic rings. The number of alkyl halides is 2. The zero-order valence-corrected chi connectivity index (χ0v) is 11.9. The van der Waals surface area contributed by atoms with Crippen LogP contribution in [-0.2, 0) is 22.5 Å². The van der Waals surface area contributed by atoms with Crippen molar-refractivity contribution < 1.29 is 18.3 Å². The second kappa shape index (κ2) is 6.93. The van der Waals surface area contributed by atoms with Gasteiger partial charge < -0.3 is 10.5 Å². The van der Waals surface area contributed by atoms with Crippen LogP contribution in [0.25, 0.3) is 0 Å². The van der Waals surface area contributed by atoms with Gasteiger partial charge in [-0.15, -0.1) is 0 Å². The summed E-state index contributed by atoms with van der Waals surface area (Å²) in [4.78, 5) is 15.4. The van der Waals surface area contributed by atoms with Gasteiger partial charge in [0.25, 0.3) is 6.43 Å². The zero-order chi connectivity index (χ0) is 13.7. The van der Waals surface area contributed by atoms with Crippen LogP contribution in [0.5, 0.6) is 0 Å². The Morgan fingerprint density at radius 1 is 1.61 bits per heavy atom. The van der Waals surface area contributed by atoms with Gasteiger partial charge in [0.2, 0.25) is 0 Å². The summed E-state index contributed by atoms with van der Waals surface area (Å²) in [5.41, 5.74) is 5.77. The van der Waals surface area contributed by atoms with Crippen molar-refractivity contribution in [2.45, 2.75) is 26.3 Å². The molecule has 0 amide bonds. The van der Waals surface area contributed by atoms with E-state index in [4.69, 9.17) is 10.5 Å². The minimum Gasteiger partial charge on any atom is -0.466 e. The number of pyridine rings is 1. The van der Waals surface area contributed by atoms with Crippen molar-refractivity contribution in [3.05, 3.63) is 26.6 Å². The maximum Gasteiger partial charge on any atom is 0.310 e. The van der Waals surface area contributed by atoms with Crippen LogP contribution >= 0.6 is 22.6 Å². The van der Waals surface area contributed by atoms with Crippen LogP contribution in [0.4, 0.5) is 8.78 Å². The number of carbonyl (C=O) groups excluding carboxylic acids is 1. The summed E-state index contributed by atoms with van der Waals surface area (Å²) in [6, 6.07) is 1.24. The maximum atomic E-state index is 12.9. The fraction of sp³-hybridized carbons (Fsp3) is 0.455. The quantitative estimate of drug-likeness (QED) is 0.490. The molecule has 1 rings (SSSR count). The summed E-state index contributed by atoms with van der Waals surface area (Å²) >= 11 is 1.82. The summed E-state index contributed by atoms with van der Waals surface area (Å²) in [6.07, 6.45) is -2.87. The van der Waals surface area contributed by atoms with E-state index >= 15 is 0 Å². The summed E-state index contributed by atoms with van der Waals surface area (Å²) in [6.45, 7) is 1.95. The first-order valence-corrected chi connectivity index (χ1v) is 6.39. The van der Waals surface area contributed by atoms with Crippen LogP contribution < -0.4 is 5.73 Å². The molecule has 4 nitrogen and oxygen atoms in total. The van der Waals surface area contributed by atoms with Gasteiger partial charge in [-0.2, -0.15) is 0 Å². The summed E-state index contributed by atoms with van der Waals surface area (Å²) in [5.74, 6) is -0.542. The highest BCUT2D eigenvalue weighted by atomic mass is 127. The largest absolute Gasteiger partial charge is 0.466 e. The van der Waals surface area contributed by atoms with Crippen LogP contribution in [0.2, 0.25) is 0 Å². The molecule has 0 aliphatic carbocycles.